The van der Waals surface area contributed by atoms with Crippen LogP contribution in [0.3, 0.4) is 0 Å². The van der Waals surface area contributed by atoms with Gasteiger partial charge < -0.3 is 21.3 Å². The van der Waals surface area contributed by atoms with E-state index in [4.69, 9.17) is 0 Å². The second-order valence-electron chi connectivity index (χ2n) is 20.5. The van der Waals surface area contributed by atoms with Crippen molar-refractivity contribution in [2.24, 2.45) is 16.7 Å². The third kappa shape index (κ3) is 24.8. The van der Waals surface area contributed by atoms with Crippen LogP contribution >= 0.6 is 0 Å². The fourth-order valence-electron chi connectivity index (χ4n) is 9.02. The van der Waals surface area contributed by atoms with E-state index in [0.717, 1.165) is 48.0 Å². The van der Waals surface area contributed by atoms with Crippen LogP contribution in [0.25, 0.3) is 0 Å². The van der Waals surface area contributed by atoms with Crippen molar-refractivity contribution in [3.05, 3.63) is 117 Å². The SMILES string of the molecule is CCNC(=O)CCCC(=O)NCCCCCNC(=O)C(CCCCNC(=O)/C=C(C)/C=C/C=C(C)/C=C/C1=C(C)CCCC1(C)C)CC(=O)/C=C(C)/C=C/C=C(C)/C=C/C1=C(C)CCCC1(C)C. The van der Waals surface area contributed by atoms with Gasteiger partial charge in [-0.2, -0.15) is 0 Å². The molecule has 9 nitrogen and oxygen atoms in total. The molecule has 4 N–H and O–H groups in total. The smallest absolute Gasteiger partial charge is 0.244 e. The molecule has 2 aliphatic rings. The number of carbonyl (C=O) groups is 5. The zero-order chi connectivity index (χ0) is 50.5. The third-order valence-electron chi connectivity index (χ3n) is 13.0. The number of unbranched alkanes of at least 4 members (excludes halogenated alkanes) is 3. The van der Waals surface area contributed by atoms with Crippen molar-refractivity contribution in [2.45, 2.75) is 179 Å². The van der Waals surface area contributed by atoms with Gasteiger partial charge in [-0.15, -0.1) is 0 Å². The van der Waals surface area contributed by atoms with E-state index in [9.17, 15) is 24.0 Å². The van der Waals surface area contributed by atoms with Gasteiger partial charge in [0.15, 0.2) is 5.78 Å². The van der Waals surface area contributed by atoms with E-state index in [-0.39, 0.29) is 46.7 Å². The number of allylic oxidation sites excluding steroid dienone is 19. The monoisotopic (exact) mass is 935 g/mol. The molecule has 0 fully saturated rings. The molecule has 0 aromatic rings. The number of hydrogen-bond donors (Lipinski definition) is 4. The molecule has 0 aliphatic heterocycles. The van der Waals surface area contributed by atoms with Crippen LogP contribution in [0.1, 0.15) is 179 Å². The van der Waals surface area contributed by atoms with Crippen molar-refractivity contribution in [3.63, 3.8) is 0 Å². The molecule has 0 aromatic heterocycles. The Morgan fingerprint density at radius 2 is 1.06 bits per heavy atom. The Morgan fingerprint density at radius 3 is 1.59 bits per heavy atom. The largest absolute Gasteiger partial charge is 0.356 e. The van der Waals surface area contributed by atoms with Crippen LogP contribution in [-0.4, -0.2) is 55.6 Å². The van der Waals surface area contributed by atoms with Gasteiger partial charge in [0, 0.05) is 57.4 Å². The Kier molecular flexibility index (Phi) is 27.7. The zero-order valence-electron chi connectivity index (χ0n) is 44.2. The van der Waals surface area contributed by atoms with E-state index in [1.165, 1.54) is 54.4 Å². The number of hydrogen-bond acceptors (Lipinski definition) is 5. The highest BCUT2D eigenvalue weighted by atomic mass is 16.2. The fraction of sp³-hybridized carbons (Fsp3) is 0.576. The van der Waals surface area contributed by atoms with Crippen molar-refractivity contribution in [2.75, 3.05) is 26.2 Å². The predicted octanol–water partition coefficient (Wildman–Crippen LogP) is 12.6. The Morgan fingerprint density at radius 1 is 0.574 bits per heavy atom. The molecule has 1 unspecified atom stereocenters. The first kappa shape index (κ1) is 59.1. The summed E-state index contributed by atoms with van der Waals surface area (Å²) in [7, 11) is 0. The molecule has 9 heteroatoms. The molecule has 0 saturated carbocycles. The van der Waals surface area contributed by atoms with Crippen LogP contribution in [0.4, 0.5) is 0 Å². The molecule has 0 aromatic carbocycles. The summed E-state index contributed by atoms with van der Waals surface area (Å²) in [4.78, 5) is 63.3. The summed E-state index contributed by atoms with van der Waals surface area (Å²) in [6.45, 7) is 25.7. The number of nitrogens with one attached hydrogen (secondary N) is 4. The van der Waals surface area contributed by atoms with Gasteiger partial charge in [-0.25, -0.2) is 0 Å². The molecule has 0 radical (unpaired) electrons. The van der Waals surface area contributed by atoms with Crippen molar-refractivity contribution in [1.29, 1.82) is 0 Å². The summed E-state index contributed by atoms with van der Waals surface area (Å²) in [6.07, 6.45) is 36.7. The van der Waals surface area contributed by atoms with Gasteiger partial charge in [-0.05, 0) is 165 Å². The maximum Gasteiger partial charge on any atom is 0.244 e. The maximum absolute atomic E-state index is 13.5. The van der Waals surface area contributed by atoms with Crippen LogP contribution in [0, 0.1) is 16.7 Å². The van der Waals surface area contributed by atoms with Crippen LogP contribution in [-0.2, 0) is 24.0 Å². The summed E-state index contributed by atoms with van der Waals surface area (Å²) >= 11 is 0. The van der Waals surface area contributed by atoms with Gasteiger partial charge in [0.05, 0.1) is 0 Å². The van der Waals surface area contributed by atoms with Crippen molar-refractivity contribution >= 4 is 29.4 Å². The summed E-state index contributed by atoms with van der Waals surface area (Å²) in [6, 6.07) is 0. The first-order valence-corrected chi connectivity index (χ1v) is 25.7. The molecular weight excluding hydrogens is 845 g/mol. The molecule has 0 spiro atoms. The van der Waals surface area contributed by atoms with Gasteiger partial charge in [0.25, 0.3) is 0 Å². The van der Waals surface area contributed by atoms with Crippen molar-refractivity contribution in [1.82, 2.24) is 21.3 Å². The van der Waals surface area contributed by atoms with Crippen molar-refractivity contribution in [3.8, 4) is 0 Å². The molecule has 0 saturated heterocycles. The van der Waals surface area contributed by atoms with E-state index in [0.29, 0.717) is 64.7 Å². The molecule has 2 aliphatic carbocycles. The van der Waals surface area contributed by atoms with E-state index < -0.39 is 5.92 Å². The molecule has 68 heavy (non-hydrogen) atoms. The highest BCUT2D eigenvalue weighted by Crippen LogP contribution is 2.42. The van der Waals surface area contributed by atoms with Crippen LogP contribution in [0.5, 0.6) is 0 Å². The summed E-state index contributed by atoms with van der Waals surface area (Å²) < 4.78 is 0. The van der Waals surface area contributed by atoms with E-state index >= 15 is 0 Å². The summed E-state index contributed by atoms with van der Waals surface area (Å²) in [5.74, 6) is -0.994. The average molecular weight is 935 g/mol. The van der Waals surface area contributed by atoms with Crippen LogP contribution in [0.15, 0.2) is 117 Å². The number of amides is 4. The lowest BCUT2D eigenvalue weighted by Crippen LogP contribution is -2.33. The highest BCUT2D eigenvalue weighted by Gasteiger charge is 2.27. The fourth-order valence-corrected chi connectivity index (χ4v) is 9.02. The first-order chi connectivity index (χ1) is 32.2. The minimum Gasteiger partial charge on any atom is -0.356 e. The first-order valence-electron chi connectivity index (χ1n) is 25.7. The lowest BCUT2D eigenvalue weighted by molar-refractivity contribution is -0.128. The Bertz CT molecular complexity index is 2010. The quantitative estimate of drug-likeness (QED) is 0.0337. The lowest BCUT2D eigenvalue weighted by Gasteiger charge is -2.33. The second kappa shape index (κ2) is 31.9. The number of ketones is 1. The molecule has 0 heterocycles. The molecule has 4 amide bonds. The third-order valence-corrected chi connectivity index (χ3v) is 13.0. The lowest BCUT2D eigenvalue weighted by atomic mass is 9.72. The highest BCUT2D eigenvalue weighted by molar-refractivity contribution is 5.94. The molecular formula is C59H90N4O5. The molecule has 0 bridgehead atoms. The zero-order valence-corrected chi connectivity index (χ0v) is 44.2. The van der Waals surface area contributed by atoms with E-state index in [1.807, 2.05) is 51.2 Å². The van der Waals surface area contributed by atoms with Gasteiger partial charge in [-0.3, -0.25) is 24.0 Å². The van der Waals surface area contributed by atoms with Gasteiger partial charge in [0.2, 0.25) is 23.6 Å². The maximum atomic E-state index is 13.5. The van der Waals surface area contributed by atoms with Gasteiger partial charge in [-0.1, -0.05) is 117 Å². The van der Waals surface area contributed by atoms with Gasteiger partial charge >= 0.3 is 0 Å². The minimum absolute atomic E-state index is 0.0389. The van der Waals surface area contributed by atoms with Crippen LogP contribution in [0.2, 0.25) is 0 Å². The Labute approximate surface area is 412 Å². The standard InChI is InChI=1S/C59H90N4O5/c1-12-60-54(65)30-20-31-55(66)61-38-15-13-16-40-63-57(68)50(43-51(64)41-46(4)25-18-23-44(2)32-34-52-48(6)27-21-36-58(52,8)9)29-14-17-39-62-56(67)42-47(5)26-19-24-45(3)33-35-53-49(7)28-22-37-59(53,10)11/h18-19,23-26,32-35,41-42,50H,12-17,20-22,27-31,36-40,43H2,1-11H3,(H,60,65)(H,61,66)(H,62,67)(H,63,68)/b25-18+,26-19+,34-32+,35-33+,44-23+,45-24+,46-41+,47-42+. The van der Waals surface area contributed by atoms with Crippen LogP contribution < -0.4 is 21.3 Å². The predicted molar refractivity (Wildman–Crippen MR) is 285 cm³/mol. The number of rotatable bonds is 29. The van der Waals surface area contributed by atoms with E-state index in [1.54, 1.807) is 12.2 Å². The topological polar surface area (TPSA) is 133 Å². The van der Waals surface area contributed by atoms with Gasteiger partial charge in [0.1, 0.15) is 0 Å². The second-order valence-corrected chi connectivity index (χ2v) is 20.5. The Hall–Kier alpha value is -5.05. The molecule has 376 valence electrons. The van der Waals surface area contributed by atoms with Crippen molar-refractivity contribution < 1.29 is 24.0 Å². The normalized spacial score (nSPS) is 17.7. The minimum atomic E-state index is -0.493. The van der Waals surface area contributed by atoms with E-state index in [2.05, 4.69) is 107 Å². The molecule has 2 rings (SSSR count). The average Bonchev–Trinajstić information content (AvgIpc) is 3.24. The summed E-state index contributed by atoms with van der Waals surface area (Å²) in [5.41, 5.74) is 10.1. The number of carbonyl (C=O) groups excluding carboxylic acids is 5. The Balaban J connectivity index is 1.94. The summed E-state index contributed by atoms with van der Waals surface area (Å²) in [5, 5.41) is 11.7. The molecule has 1 atom stereocenters.